The van der Waals surface area contributed by atoms with Gasteiger partial charge in [-0.05, 0) is 59.7 Å². The van der Waals surface area contributed by atoms with Gasteiger partial charge in [-0.2, -0.15) is 0 Å². The smallest absolute Gasteiger partial charge is 0.257 e. The summed E-state index contributed by atoms with van der Waals surface area (Å²) in [6, 6.07) is 16.3. The fourth-order valence-corrected chi connectivity index (χ4v) is 2.85. The van der Waals surface area contributed by atoms with Crippen LogP contribution in [0.3, 0.4) is 0 Å². The maximum absolute atomic E-state index is 11.9. The van der Waals surface area contributed by atoms with Gasteiger partial charge in [0.1, 0.15) is 5.75 Å². The molecule has 1 amide bonds. The topological polar surface area (TPSA) is 54.1 Å². The van der Waals surface area contributed by atoms with Crippen LogP contribution in [-0.4, -0.2) is 24.0 Å². The molecule has 1 aromatic heterocycles. The van der Waals surface area contributed by atoms with Crippen LogP contribution in [0.15, 0.2) is 54.7 Å². The molecule has 2 N–H and O–H groups in total. The third-order valence-electron chi connectivity index (χ3n) is 4.19. The first-order valence-corrected chi connectivity index (χ1v) is 8.79. The Morgan fingerprint density at radius 2 is 1.84 bits per heavy atom. The SMILES string of the molecule is CCCc1ccc(OCC(=O)NCCc2ccc3[nH]ccc3c2)cc1. The van der Waals surface area contributed by atoms with Crippen LogP contribution in [-0.2, 0) is 17.6 Å². The molecule has 1 heterocycles. The predicted molar refractivity (Wildman–Crippen MR) is 101 cm³/mol. The molecule has 4 heteroatoms. The van der Waals surface area contributed by atoms with Crippen molar-refractivity contribution in [2.45, 2.75) is 26.2 Å². The van der Waals surface area contributed by atoms with Crippen molar-refractivity contribution in [2.75, 3.05) is 13.2 Å². The summed E-state index contributed by atoms with van der Waals surface area (Å²) >= 11 is 0. The molecule has 0 saturated carbocycles. The summed E-state index contributed by atoms with van der Waals surface area (Å²) in [6.45, 7) is 2.81. The van der Waals surface area contributed by atoms with Crippen LogP contribution >= 0.6 is 0 Å². The van der Waals surface area contributed by atoms with Gasteiger partial charge in [0.25, 0.3) is 5.91 Å². The molecule has 0 spiro atoms. The molecule has 0 saturated heterocycles. The highest BCUT2D eigenvalue weighted by Crippen LogP contribution is 2.15. The number of carbonyl (C=O) groups is 1. The molecule has 0 unspecified atom stereocenters. The largest absolute Gasteiger partial charge is 0.484 e. The summed E-state index contributed by atoms with van der Waals surface area (Å²) in [7, 11) is 0. The molecule has 0 radical (unpaired) electrons. The van der Waals surface area contributed by atoms with E-state index in [0.717, 1.165) is 30.5 Å². The molecular formula is C21H24N2O2. The van der Waals surface area contributed by atoms with E-state index >= 15 is 0 Å². The first-order valence-electron chi connectivity index (χ1n) is 8.79. The number of H-pyrrole nitrogens is 1. The molecule has 0 fully saturated rings. The van der Waals surface area contributed by atoms with Crippen LogP contribution < -0.4 is 10.1 Å². The molecule has 25 heavy (non-hydrogen) atoms. The number of rotatable bonds is 8. The Hall–Kier alpha value is -2.75. The van der Waals surface area contributed by atoms with E-state index in [0.29, 0.717) is 6.54 Å². The summed E-state index contributed by atoms with van der Waals surface area (Å²) in [5.41, 5.74) is 3.63. The number of aromatic amines is 1. The van der Waals surface area contributed by atoms with Gasteiger partial charge in [0.05, 0.1) is 0 Å². The first kappa shape index (κ1) is 17.1. The second-order valence-corrected chi connectivity index (χ2v) is 6.18. The van der Waals surface area contributed by atoms with Crippen molar-refractivity contribution in [1.82, 2.24) is 10.3 Å². The van der Waals surface area contributed by atoms with Crippen LogP contribution in [0.2, 0.25) is 0 Å². The van der Waals surface area contributed by atoms with Crippen molar-refractivity contribution in [3.63, 3.8) is 0 Å². The zero-order valence-corrected chi connectivity index (χ0v) is 14.5. The van der Waals surface area contributed by atoms with E-state index in [1.807, 2.05) is 30.5 Å². The number of fused-ring (bicyclic) bond motifs is 1. The third kappa shape index (κ3) is 4.86. The highest BCUT2D eigenvalue weighted by atomic mass is 16.5. The second kappa shape index (κ2) is 8.38. The summed E-state index contributed by atoms with van der Waals surface area (Å²) in [5.74, 6) is 0.633. The average molecular weight is 336 g/mol. The number of hydrogen-bond donors (Lipinski definition) is 2. The number of nitrogens with one attached hydrogen (secondary N) is 2. The lowest BCUT2D eigenvalue weighted by Gasteiger charge is -2.08. The maximum Gasteiger partial charge on any atom is 0.257 e. The number of aromatic nitrogens is 1. The Kier molecular flexibility index (Phi) is 5.73. The Balaban J connectivity index is 1.40. The van der Waals surface area contributed by atoms with Gasteiger partial charge in [0.2, 0.25) is 0 Å². The van der Waals surface area contributed by atoms with Crippen molar-refractivity contribution in [3.8, 4) is 5.75 Å². The number of carbonyl (C=O) groups excluding carboxylic acids is 1. The zero-order valence-electron chi connectivity index (χ0n) is 14.5. The van der Waals surface area contributed by atoms with Gasteiger partial charge in [-0.25, -0.2) is 0 Å². The van der Waals surface area contributed by atoms with Gasteiger partial charge in [-0.3, -0.25) is 4.79 Å². The first-order chi connectivity index (χ1) is 12.2. The van der Waals surface area contributed by atoms with Crippen molar-refractivity contribution in [3.05, 3.63) is 65.9 Å². The highest BCUT2D eigenvalue weighted by Gasteiger charge is 2.03. The van der Waals surface area contributed by atoms with E-state index in [2.05, 4.69) is 41.5 Å². The van der Waals surface area contributed by atoms with Gasteiger partial charge in [-0.1, -0.05) is 31.5 Å². The molecule has 0 bridgehead atoms. The monoisotopic (exact) mass is 336 g/mol. The Bertz CT molecular complexity index is 821. The van der Waals surface area contributed by atoms with Gasteiger partial charge in [0, 0.05) is 18.3 Å². The maximum atomic E-state index is 11.9. The highest BCUT2D eigenvalue weighted by molar-refractivity contribution is 5.80. The minimum absolute atomic E-state index is 0.0456. The standard InChI is InChI=1S/C21H24N2O2/c1-2-3-16-4-7-19(8-5-16)25-15-21(24)23-12-10-17-6-9-20-18(14-17)11-13-22-20/h4-9,11,13-14,22H,2-3,10,12,15H2,1H3,(H,23,24). The Morgan fingerprint density at radius 3 is 2.64 bits per heavy atom. The van der Waals surface area contributed by atoms with Crippen molar-refractivity contribution in [1.29, 1.82) is 0 Å². The number of benzene rings is 2. The molecule has 130 valence electrons. The molecule has 3 rings (SSSR count). The quantitative estimate of drug-likeness (QED) is 0.656. The number of aryl methyl sites for hydroxylation is 1. The van der Waals surface area contributed by atoms with Crippen LogP contribution in [0.1, 0.15) is 24.5 Å². The van der Waals surface area contributed by atoms with E-state index in [1.165, 1.54) is 16.5 Å². The molecular weight excluding hydrogens is 312 g/mol. The third-order valence-corrected chi connectivity index (χ3v) is 4.19. The summed E-state index contributed by atoms with van der Waals surface area (Å²) in [6.07, 6.45) is 4.93. The molecule has 3 aromatic rings. The molecule has 0 aliphatic carbocycles. The van der Waals surface area contributed by atoms with E-state index in [-0.39, 0.29) is 12.5 Å². The van der Waals surface area contributed by atoms with Gasteiger partial charge < -0.3 is 15.0 Å². The number of amides is 1. The summed E-state index contributed by atoms with van der Waals surface area (Å²) in [4.78, 5) is 15.1. The fourth-order valence-electron chi connectivity index (χ4n) is 2.85. The van der Waals surface area contributed by atoms with Crippen LogP contribution in [0.25, 0.3) is 10.9 Å². The minimum Gasteiger partial charge on any atom is -0.484 e. The molecule has 0 aliphatic heterocycles. The van der Waals surface area contributed by atoms with Gasteiger partial charge in [0.15, 0.2) is 6.61 Å². The summed E-state index contributed by atoms with van der Waals surface area (Å²) in [5, 5.41) is 4.10. The molecule has 4 nitrogen and oxygen atoms in total. The van der Waals surface area contributed by atoms with E-state index in [9.17, 15) is 4.79 Å². The average Bonchev–Trinajstić information content (AvgIpc) is 3.09. The second-order valence-electron chi connectivity index (χ2n) is 6.18. The Morgan fingerprint density at radius 1 is 1.04 bits per heavy atom. The zero-order chi connectivity index (χ0) is 17.5. The van der Waals surface area contributed by atoms with E-state index in [4.69, 9.17) is 4.74 Å². The summed E-state index contributed by atoms with van der Waals surface area (Å²) < 4.78 is 5.53. The van der Waals surface area contributed by atoms with Crippen molar-refractivity contribution < 1.29 is 9.53 Å². The molecule has 0 aliphatic rings. The lowest BCUT2D eigenvalue weighted by atomic mass is 10.1. The van der Waals surface area contributed by atoms with Gasteiger partial charge >= 0.3 is 0 Å². The van der Waals surface area contributed by atoms with Crippen LogP contribution in [0, 0.1) is 0 Å². The minimum atomic E-state index is -0.0969. The van der Waals surface area contributed by atoms with Crippen molar-refractivity contribution >= 4 is 16.8 Å². The van der Waals surface area contributed by atoms with E-state index < -0.39 is 0 Å². The lowest BCUT2D eigenvalue weighted by Crippen LogP contribution is -2.30. The fraction of sp³-hybridized carbons (Fsp3) is 0.286. The van der Waals surface area contributed by atoms with Gasteiger partial charge in [-0.15, -0.1) is 0 Å². The van der Waals surface area contributed by atoms with Crippen LogP contribution in [0.4, 0.5) is 0 Å². The van der Waals surface area contributed by atoms with Crippen molar-refractivity contribution in [2.24, 2.45) is 0 Å². The predicted octanol–water partition coefficient (Wildman–Crippen LogP) is 3.86. The molecule has 2 aromatic carbocycles. The Labute approximate surface area is 148 Å². The van der Waals surface area contributed by atoms with Crippen LogP contribution in [0.5, 0.6) is 5.75 Å². The molecule has 0 atom stereocenters. The number of hydrogen-bond acceptors (Lipinski definition) is 2. The van der Waals surface area contributed by atoms with E-state index in [1.54, 1.807) is 0 Å². The lowest BCUT2D eigenvalue weighted by molar-refractivity contribution is -0.123. The number of ether oxygens (including phenoxy) is 1. The normalized spacial score (nSPS) is 10.8.